The Labute approximate surface area is 115 Å². The molecule has 2 aromatic rings. The van der Waals surface area contributed by atoms with Gasteiger partial charge in [-0.05, 0) is 31.5 Å². The molecule has 2 rings (SSSR count). The van der Waals surface area contributed by atoms with Gasteiger partial charge < -0.3 is 0 Å². The SMILES string of the molecule is CCc1c(C)nc(-c2ccc(Cl)cc2F)nc1Cl. The molecule has 2 nitrogen and oxygen atoms in total. The van der Waals surface area contributed by atoms with Crippen LogP contribution in [0.2, 0.25) is 10.2 Å². The molecule has 94 valence electrons. The third-order valence-corrected chi connectivity index (χ3v) is 3.24. The molecule has 0 saturated heterocycles. The summed E-state index contributed by atoms with van der Waals surface area (Å²) in [6.45, 7) is 3.81. The van der Waals surface area contributed by atoms with Crippen LogP contribution in [0.4, 0.5) is 4.39 Å². The van der Waals surface area contributed by atoms with Crippen molar-refractivity contribution in [2.75, 3.05) is 0 Å². The highest BCUT2D eigenvalue weighted by Crippen LogP contribution is 2.26. The molecule has 0 spiro atoms. The molecule has 0 saturated carbocycles. The lowest BCUT2D eigenvalue weighted by Gasteiger charge is -2.08. The van der Waals surface area contributed by atoms with E-state index < -0.39 is 5.82 Å². The van der Waals surface area contributed by atoms with Gasteiger partial charge in [0.1, 0.15) is 11.0 Å². The molecule has 0 N–H and O–H groups in total. The summed E-state index contributed by atoms with van der Waals surface area (Å²) in [6.07, 6.45) is 0.744. The molecule has 0 atom stereocenters. The zero-order chi connectivity index (χ0) is 13.3. The maximum Gasteiger partial charge on any atom is 0.164 e. The highest BCUT2D eigenvalue weighted by Gasteiger charge is 2.13. The Balaban J connectivity index is 2.58. The van der Waals surface area contributed by atoms with E-state index in [4.69, 9.17) is 23.2 Å². The van der Waals surface area contributed by atoms with Crippen molar-refractivity contribution >= 4 is 23.2 Å². The molecular formula is C13H11Cl2FN2. The molecule has 18 heavy (non-hydrogen) atoms. The van der Waals surface area contributed by atoms with E-state index in [1.807, 2.05) is 13.8 Å². The molecule has 0 radical (unpaired) electrons. The van der Waals surface area contributed by atoms with Crippen molar-refractivity contribution in [2.24, 2.45) is 0 Å². The number of hydrogen-bond acceptors (Lipinski definition) is 2. The summed E-state index contributed by atoms with van der Waals surface area (Å²) in [4.78, 5) is 8.42. The van der Waals surface area contributed by atoms with E-state index in [9.17, 15) is 4.39 Å². The quantitative estimate of drug-likeness (QED) is 0.761. The summed E-state index contributed by atoms with van der Waals surface area (Å²) >= 11 is 11.8. The first kappa shape index (κ1) is 13.2. The van der Waals surface area contributed by atoms with Crippen LogP contribution in [-0.2, 0) is 6.42 Å². The molecular weight excluding hydrogens is 274 g/mol. The van der Waals surface area contributed by atoms with Crippen LogP contribution in [0.15, 0.2) is 18.2 Å². The van der Waals surface area contributed by atoms with Crippen LogP contribution in [0.25, 0.3) is 11.4 Å². The number of aromatic nitrogens is 2. The van der Waals surface area contributed by atoms with E-state index in [0.717, 1.165) is 17.7 Å². The van der Waals surface area contributed by atoms with E-state index in [-0.39, 0.29) is 5.82 Å². The first-order valence-corrected chi connectivity index (χ1v) is 6.27. The van der Waals surface area contributed by atoms with Crippen molar-refractivity contribution in [3.8, 4) is 11.4 Å². The van der Waals surface area contributed by atoms with Gasteiger partial charge in [0.25, 0.3) is 0 Å². The summed E-state index contributed by atoms with van der Waals surface area (Å²) in [5.74, 6) is -0.175. The van der Waals surface area contributed by atoms with Gasteiger partial charge in [0.05, 0.1) is 5.56 Å². The summed E-state index contributed by atoms with van der Waals surface area (Å²) < 4.78 is 13.8. The second kappa shape index (κ2) is 5.21. The Kier molecular flexibility index (Phi) is 3.83. The fraction of sp³-hybridized carbons (Fsp3) is 0.231. The van der Waals surface area contributed by atoms with Crippen molar-refractivity contribution in [1.29, 1.82) is 0 Å². The number of aryl methyl sites for hydroxylation is 1. The zero-order valence-corrected chi connectivity index (χ0v) is 11.5. The number of benzene rings is 1. The van der Waals surface area contributed by atoms with Gasteiger partial charge in [-0.1, -0.05) is 30.1 Å². The van der Waals surface area contributed by atoms with Crippen LogP contribution in [0, 0.1) is 12.7 Å². The van der Waals surface area contributed by atoms with Crippen LogP contribution >= 0.6 is 23.2 Å². The fourth-order valence-electron chi connectivity index (χ4n) is 1.75. The molecule has 0 bridgehead atoms. The minimum atomic E-state index is -0.456. The van der Waals surface area contributed by atoms with Crippen LogP contribution in [0.3, 0.4) is 0 Å². The molecule has 1 aromatic carbocycles. The lowest BCUT2D eigenvalue weighted by Crippen LogP contribution is -2.00. The summed E-state index contributed by atoms with van der Waals surface area (Å²) in [5, 5.41) is 0.707. The monoisotopic (exact) mass is 284 g/mol. The number of hydrogen-bond donors (Lipinski definition) is 0. The highest BCUT2D eigenvalue weighted by molar-refractivity contribution is 6.30. The van der Waals surface area contributed by atoms with Gasteiger partial charge in [-0.25, -0.2) is 14.4 Å². The molecule has 1 aromatic heterocycles. The van der Waals surface area contributed by atoms with Crippen LogP contribution < -0.4 is 0 Å². The Bertz CT molecular complexity index is 577. The minimum Gasteiger partial charge on any atom is -0.233 e. The van der Waals surface area contributed by atoms with E-state index in [0.29, 0.717) is 15.7 Å². The van der Waals surface area contributed by atoms with Gasteiger partial charge in [0.2, 0.25) is 0 Å². The molecule has 0 amide bonds. The van der Waals surface area contributed by atoms with Gasteiger partial charge in [0, 0.05) is 16.3 Å². The van der Waals surface area contributed by atoms with Crippen LogP contribution in [0.5, 0.6) is 0 Å². The number of nitrogens with zero attached hydrogens (tertiary/aromatic N) is 2. The molecule has 0 aliphatic rings. The van der Waals surface area contributed by atoms with Crippen molar-refractivity contribution in [2.45, 2.75) is 20.3 Å². The second-order valence-electron chi connectivity index (χ2n) is 3.88. The highest BCUT2D eigenvalue weighted by atomic mass is 35.5. The summed E-state index contributed by atoms with van der Waals surface area (Å²) in [6, 6.07) is 4.38. The average Bonchev–Trinajstić information content (AvgIpc) is 2.28. The minimum absolute atomic E-state index is 0.281. The normalized spacial score (nSPS) is 10.7. The zero-order valence-electron chi connectivity index (χ0n) is 9.97. The van der Waals surface area contributed by atoms with Crippen molar-refractivity contribution in [3.05, 3.63) is 45.4 Å². The third-order valence-electron chi connectivity index (χ3n) is 2.69. The predicted molar refractivity (Wildman–Crippen MR) is 71.6 cm³/mol. The van der Waals surface area contributed by atoms with Gasteiger partial charge >= 0.3 is 0 Å². The number of halogens is 3. The maximum atomic E-state index is 13.8. The topological polar surface area (TPSA) is 25.8 Å². The average molecular weight is 285 g/mol. The second-order valence-corrected chi connectivity index (χ2v) is 4.67. The largest absolute Gasteiger partial charge is 0.233 e. The summed E-state index contributed by atoms with van der Waals surface area (Å²) in [5.41, 5.74) is 1.95. The van der Waals surface area contributed by atoms with E-state index in [1.54, 1.807) is 12.1 Å². The standard InChI is InChI=1S/C13H11Cl2FN2/c1-3-9-7(2)17-13(18-12(9)15)10-5-4-8(14)6-11(10)16/h4-6H,3H2,1-2H3. The van der Waals surface area contributed by atoms with Crippen LogP contribution in [0.1, 0.15) is 18.2 Å². The van der Waals surface area contributed by atoms with Crippen molar-refractivity contribution < 1.29 is 4.39 Å². The van der Waals surface area contributed by atoms with E-state index in [2.05, 4.69) is 9.97 Å². The fourth-order valence-corrected chi connectivity index (χ4v) is 2.26. The van der Waals surface area contributed by atoms with Gasteiger partial charge in [0.15, 0.2) is 5.82 Å². The Hall–Kier alpha value is -1.19. The van der Waals surface area contributed by atoms with E-state index in [1.165, 1.54) is 6.07 Å². The summed E-state index contributed by atoms with van der Waals surface area (Å²) in [7, 11) is 0. The molecule has 1 heterocycles. The molecule has 0 aliphatic heterocycles. The van der Waals surface area contributed by atoms with Gasteiger partial charge in [-0.3, -0.25) is 0 Å². The Morgan fingerprint density at radius 1 is 1.22 bits per heavy atom. The smallest absolute Gasteiger partial charge is 0.164 e. The Morgan fingerprint density at radius 3 is 2.50 bits per heavy atom. The molecule has 0 unspecified atom stereocenters. The maximum absolute atomic E-state index is 13.8. The Morgan fingerprint density at radius 2 is 1.94 bits per heavy atom. The number of rotatable bonds is 2. The molecule has 0 fully saturated rings. The molecule has 0 aliphatic carbocycles. The van der Waals surface area contributed by atoms with Gasteiger partial charge in [-0.2, -0.15) is 0 Å². The lowest BCUT2D eigenvalue weighted by atomic mass is 10.1. The first-order valence-electron chi connectivity index (χ1n) is 5.51. The lowest BCUT2D eigenvalue weighted by molar-refractivity contribution is 0.630. The predicted octanol–water partition coefficient (Wildman–Crippen LogP) is 4.46. The van der Waals surface area contributed by atoms with Crippen molar-refractivity contribution in [1.82, 2.24) is 9.97 Å². The van der Waals surface area contributed by atoms with Crippen LogP contribution in [-0.4, -0.2) is 9.97 Å². The van der Waals surface area contributed by atoms with Crippen molar-refractivity contribution in [3.63, 3.8) is 0 Å². The molecule has 5 heteroatoms. The van der Waals surface area contributed by atoms with Gasteiger partial charge in [-0.15, -0.1) is 0 Å². The third kappa shape index (κ3) is 2.47. The van der Waals surface area contributed by atoms with E-state index >= 15 is 0 Å². The first-order chi connectivity index (χ1) is 8.52.